The number of nitrogens with zero attached hydrogens (tertiary/aromatic N) is 5. The number of methoxy groups -OCH3 is 5. The molecular formula is C16H31N5O5. The minimum Gasteiger partial charge on any atom is -0.467 e. The van der Waals surface area contributed by atoms with Crippen LogP contribution in [0.1, 0.15) is 0 Å². The van der Waals surface area contributed by atoms with Crippen molar-refractivity contribution < 1.29 is 23.7 Å². The molecule has 0 radical (unpaired) electrons. The molecule has 10 heteroatoms. The van der Waals surface area contributed by atoms with Crippen LogP contribution < -0.4 is 14.5 Å². The summed E-state index contributed by atoms with van der Waals surface area (Å²) in [6.45, 7) is 4.69. The summed E-state index contributed by atoms with van der Waals surface area (Å²) in [6.07, 6.45) is 0. The van der Waals surface area contributed by atoms with Crippen LogP contribution in [0.15, 0.2) is 0 Å². The van der Waals surface area contributed by atoms with Crippen molar-refractivity contribution in [2.75, 3.05) is 98.0 Å². The Morgan fingerprint density at radius 3 is 1.19 bits per heavy atom. The Hall–Kier alpha value is -1.75. The fourth-order valence-electron chi connectivity index (χ4n) is 2.14. The average Bonchev–Trinajstić information content (AvgIpc) is 2.67. The standard InChI is InChI=1S/C16H31N5O5/c1-22-10-6-20(7-11-23-2)14-17-15(19-16(18-14)26-5)21(8-12-24-3)9-13-25-4/h6-13H2,1-5H3. The number of hydrogen-bond donors (Lipinski definition) is 0. The minimum absolute atomic E-state index is 0.254. The van der Waals surface area contributed by atoms with Crippen molar-refractivity contribution in [1.82, 2.24) is 15.0 Å². The molecule has 150 valence electrons. The first-order chi connectivity index (χ1) is 12.7. The van der Waals surface area contributed by atoms with Crippen LogP contribution in [0.25, 0.3) is 0 Å². The highest BCUT2D eigenvalue weighted by Crippen LogP contribution is 2.18. The Bertz CT molecular complexity index is 440. The molecule has 26 heavy (non-hydrogen) atoms. The van der Waals surface area contributed by atoms with Crippen LogP contribution in [0.2, 0.25) is 0 Å². The van der Waals surface area contributed by atoms with E-state index < -0.39 is 0 Å². The molecule has 0 amide bonds. The predicted octanol–water partition coefficient (Wildman–Crippen LogP) is 0.0786. The molecule has 0 unspecified atom stereocenters. The van der Waals surface area contributed by atoms with Crippen molar-refractivity contribution in [2.45, 2.75) is 0 Å². The van der Waals surface area contributed by atoms with Crippen molar-refractivity contribution >= 4 is 11.9 Å². The summed E-state index contributed by atoms with van der Waals surface area (Å²) in [5.74, 6) is 1.03. The van der Waals surface area contributed by atoms with Gasteiger partial charge in [-0.25, -0.2) is 0 Å². The third-order valence-electron chi connectivity index (χ3n) is 3.60. The molecule has 0 spiro atoms. The van der Waals surface area contributed by atoms with Crippen LogP contribution in [-0.4, -0.2) is 103 Å². The second-order valence-electron chi connectivity index (χ2n) is 5.37. The molecule has 10 nitrogen and oxygen atoms in total. The van der Waals surface area contributed by atoms with E-state index in [2.05, 4.69) is 15.0 Å². The van der Waals surface area contributed by atoms with Gasteiger partial charge in [0.25, 0.3) is 0 Å². The van der Waals surface area contributed by atoms with Gasteiger partial charge in [0.1, 0.15) is 0 Å². The highest BCUT2D eigenvalue weighted by Gasteiger charge is 2.18. The first kappa shape index (κ1) is 22.3. The number of anilines is 2. The Morgan fingerprint density at radius 1 is 0.577 bits per heavy atom. The Morgan fingerprint density at radius 2 is 0.923 bits per heavy atom. The zero-order chi connectivity index (χ0) is 19.2. The van der Waals surface area contributed by atoms with Gasteiger partial charge < -0.3 is 33.5 Å². The maximum absolute atomic E-state index is 5.27. The van der Waals surface area contributed by atoms with Crippen LogP contribution in [-0.2, 0) is 18.9 Å². The predicted molar refractivity (Wildman–Crippen MR) is 98.3 cm³/mol. The fraction of sp³-hybridized carbons (Fsp3) is 0.812. The van der Waals surface area contributed by atoms with E-state index in [0.717, 1.165) is 0 Å². The monoisotopic (exact) mass is 373 g/mol. The second-order valence-corrected chi connectivity index (χ2v) is 5.37. The van der Waals surface area contributed by atoms with Crippen LogP contribution in [0.4, 0.5) is 11.9 Å². The molecule has 0 aliphatic heterocycles. The van der Waals surface area contributed by atoms with Gasteiger partial charge in [-0.1, -0.05) is 0 Å². The van der Waals surface area contributed by atoms with E-state index >= 15 is 0 Å². The maximum atomic E-state index is 5.27. The van der Waals surface area contributed by atoms with E-state index in [-0.39, 0.29) is 6.01 Å². The molecule has 1 aromatic rings. The van der Waals surface area contributed by atoms with E-state index in [4.69, 9.17) is 23.7 Å². The van der Waals surface area contributed by atoms with E-state index in [1.165, 1.54) is 7.11 Å². The molecule has 1 rings (SSSR count). The van der Waals surface area contributed by atoms with Gasteiger partial charge in [0.15, 0.2) is 0 Å². The van der Waals surface area contributed by atoms with Crippen LogP contribution in [0.5, 0.6) is 6.01 Å². The summed E-state index contributed by atoms with van der Waals surface area (Å²) in [7, 11) is 8.17. The molecule has 0 aliphatic rings. The molecular weight excluding hydrogens is 342 g/mol. The van der Waals surface area contributed by atoms with Gasteiger partial charge in [0, 0.05) is 54.6 Å². The van der Waals surface area contributed by atoms with Gasteiger partial charge in [0.05, 0.1) is 33.5 Å². The molecule has 0 fully saturated rings. The summed E-state index contributed by atoms with van der Waals surface area (Å²) < 4.78 is 26.0. The summed E-state index contributed by atoms with van der Waals surface area (Å²) in [6, 6.07) is 0.254. The smallest absolute Gasteiger partial charge is 0.322 e. The van der Waals surface area contributed by atoms with Crippen molar-refractivity contribution in [1.29, 1.82) is 0 Å². The Labute approximate surface area is 155 Å². The highest BCUT2D eigenvalue weighted by atomic mass is 16.5. The Balaban J connectivity index is 3.11. The van der Waals surface area contributed by atoms with Gasteiger partial charge in [-0.05, 0) is 0 Å². The van der Waals surface area contributed by atoms with Crippen LogP contribution >= 0.6 is 0 Å². The van der Waals surface area contributed by atoms with Crippen LogP contribution in [0, 0.1) is 0 Å². The summed E-state index contributed by atoms with van der Waals surface area (Å²) in [4.78, 5) is 17.3. The molecule has 1 heterocycles. The quantitative estimate of drug-likeness (QED) is 0.421. The molecule has 0 atom stereocenters. The zero-order valence-electron chi connectivity index (χ0n) is 16.4. The van der Waals surface area contributed by atoms with Crippen molar-refractivity contribution in [3.8, 4) is 6.01 Å². The number of aromatic nitrogens is 3. The van der Waals surface area contributed by atoms with E-state index in [1.54, 1.807) is 28.4 Å². The molecule has 0 bridgehead atoms. The summed E-state index contributed by atoms with van der Waals surface area (Å²) in [5, 5.41) is 0. The van der Waals surface area contributed by atoms with Crippen molar-refractivity contribution in [2.24, 2.45) is 0 Å². The molecule has 0 aromatic carbocycles. The lowest BCUT2D eigenvalue weighted by atomic mass is 10.5. The van der Waals surface area contributed by atoms with E-state index in [9.17, 15) is 0 Å². The second kappa shape index (κ2) is 13.5. The average molecular weight is 373 g/mol. The molecule has 0 saturated heterocycles. The molecule has 0 saturated carbocycles. The number of ether oxygens (including phenoxy) is 5. The topological polar surface area (TPSA) is 91.3 Å². The highest BCUT2D eigenvalue weighted by molar-refractivity contribution is 5.40. The van der Waals surface area contributed by atoms with Gasteiger partial charge >= 0.3 is 6.01 Å². The third kappa shape index (κ3) is 7.65. The van der Waals surface area contributed by atoms with Gasteiger partial charge in [-0.3, -0.25) is 0 Å². The lowest BCUT2D eigenvalue weighted by Gasteiger charge is -2.26. The normalized spacial score (nSPS) is 10.8. The first-order valence-electron chi connectivity index (χ1n) is 8.45. The van der Waals surface area contributed by atoms with Crippen molar-refractivity contribution in [3.63, 3.8) is 0 Å². The van der Waals surface area contributed by atoms with Gasteiger partial charge in [-0.2, -0.15) is 15.0 Å². The first-order valence-corrected chi connectivity index (χ1v) is 8.45. The fourth-order valence-corrected chi connectivity index (χ4v) is 2.14. The SMILES string of the molecule is COCCN(CCOC)c1nc(OC)nc(N(CCOC)CCOC)n1. The third-order valence-corrected chi connectivity index (χ3v) is 3.60. The molecule has 0 aliphatic carbocycles. The van der Waals surface area contributed by atoms with Gasteiger partial charge in [-0.15, -0.1) is 0 Å². The lowest BCUT2D eigenvalue weighted by molar-refractivity contribution is 0.188. The molecule has 0 N–H and O–H groups in total. The number of hydrogen-bond acceptors (Lipinski definition) is 10. The van der Waals surface area contributed by atoms with Crippen LogP contribution in [0.3, 0.4) is 0 Å². The summed E-state index contributed by atoms with van der Waals surface area (Å²) in [5.41, 5.74) is 0. The van der Waals surface area contributed by atoms with E-state index in [0.29, 0.717) is 64.5 Å². The number of rotatable bonds is 15. The Kier molecular flexibility index (Phi) is 11.5. The lowest BCUT2D eigenvalue weighted by Crippen LogP contribution is -2.35. The zero-order valence-corrected chi connectivity index (χ0v) is 16.4. The maximum Gasteiger partial charge on any atom is 0.322 e. The van der Waals surface area contributed by atoms with Crippen molar-refractivity contribution in [3.05, 3.63) is 0 Å². The van der Waals surface area contributed by atoms with E-state index in [1.807, 2.05) is 9.80 Å². The largest absolute Gasteiger partial charge is 0.467 e. The minimum atomic E-state index is 0.254. The molecule has 1 aromatic heterocycles. The summed E-state index contributed by atoms with van der Waals surface area (Å²) >= 11 is 0. The van der Waals surface area contributed by atoms with Gasteiger partial charge in [0.2, 0.25) is 11.9 Å².